The average Bonchev–Trinajstić information content (AvgIpc) is 3.47. The second-order valence-electron chi connectivity index (χ2n) is 9.79. The van der Waals surface area contributed by atoms with E-state index in [1.165, 1.54) is 29.7 Å². The van der Waals surface area contributed by atoms with Crippen molar-refractivity contribution >= 4 is 29.2 Å². The van der Waals surface area contributed by atoms with E-state index >= 15 is 0 Å². The fourth-order valence-electron chi connectivity index (χ4n) is 3.40. The van der Waals surface area contributed by atoms with Gasteiger partial charge in [0.15, 0.2) is 5.69 Å². The van der Waals surface area contributed by atoms with Crippen LogP contribution in [0.25, 0.3) is 5.69 Å². The summed E-state index contributed by atoms with van der Waals surface area (Å²) in [6.07, 6.45) is -5.49. The monoisotopic (exact) mass is 565 g/mol. The number of aromatic nitrogens is 2. The molecule has 3 amide bonds. The highest BCUT2D eigenvalue weighted by Gasteiger charge is 2.36. The van der Waals surface area contributed by atoms with Crippen molar-refractivity contribution in [3.8, 4) is 5.69 Å². The molecule has 2 aromatic heterocycles. The zero-order valence-corrected chi connectivity index (χ0v) is 22.9. The first kappa shape index (κ1) is 29.7. The predicted octanol–water partition coefficient (Wildman–Crippen LogP) is 4.72. The number of amides is 3. The number of carbonyl (C=O) groups is 3. The zero-order valence-electron chi connectivity index (χ0n) is 22.1. The van der Waals surface area contributed by atoms with E-state index in [1.807, 2.05) is 25.1 Å². The number of nitrogens with one attached hydrogen (secondary N) is 3. The highest BCUT2D eigenvalue weighted by Crippen LogP contribution is 2.30. The summed E-state index contributed by atoms with van der Waals surface area (Å²) in [7, 11) is 0. The molecular formula is C26H30F3N5O4S. The number of rotatable bonds is 8. The highest BCUT2D eigenvalue weighted by molar-refractivity contribution is 7.10. The van der Waals surface area contributed by atoms with Crippen molar-refractivity contribution in [2.75, 3.05) is 0 Å². The van der Waals surface area contributed by atoms with E-state index < -0.39 is 41.4 Å². The number of carbonyl (C=O) groups excluding carboxylic acids is 3. The van der Waals surface area contributed by atoms with Gasteiger partial charge in [-0.2, -0.15) is 18.3 Å². The van der Waals surface area contributed by atoms with E-state index in [2.05, 4.69) is 21.0 Å². The molecule has 210 valence electrons. The number of hydrogen-bond donors (Lipinski definition) is 3. The standard InChI is InChI=1S/C26H30F3N5O4S/c1-15-8-6-7-9-17(15)12-30-23(36)20-11-21(26(27,28)29)33-34(20)18-10-19(39-14-18)13-31-22(35)16(2)32-24(37)38-25(3,4)5/h6-11,14,16H,12-13H2,1-5H3,(H,30,36)(H,31,35)(H,32,37). The smallest absolute Gasteiger partial charge is 0.435 e. The molecule has 0 aliphatic heterocycles. The Morgan fingerprint density at radius 1 is 1.08 bits per heavy atom. The van der Waals surface area contributed by atoms with Crippen LogP contribution >= 0.6 is 11.3 Å². The number of hydrogen-bond acceptors (Lipinski definition) is 6. The molecule has 0 spiro atoms. The van der Waals surface area contributed by atoms with Crippen molar-refractivity contribution < 1.29 is 32.3 Å². The molecule has 0 bridgehead atoms. The molecule has 3 N–H and O–H groups in total. The van der Waals surface area contributed by atoms with Crippen LogP contribution in [-0.4, -0.2) is 39.3 Å². The van der Waals surface area contributed by atoms with E-state index in [9.17, 15) is 27.6 Å². The van der Waals surface area contributed by atoms with Crippen LogP contribution in [0.15, 0.2) is 41.8 Å². The minimum absolute atomic E-state index is 0.0477. The number of aryl methyl sites for hydroxylation is 1. The Bertz CT molecular complexity index is 1340. The van der Waals surface area contributed by atoms with Gasteiger partial charge in [0.1, 0.15) is 17.3 Å². The Morgan fingerprint density at radius 3 is 2.41 bits per heavy atom. The van der Waals surface area contributed by atoms with E-state index in [1.54, 1.807) is 26.8 Å². The third-order valence-electron chi connectivity index (χ3n) is 5.38. The minimum atomic E-state index is -4.75. The third kappa shape index (κ3) is 8.31. The van der Waals surface area contributed by atoms with Crippen molar-refractivity contribution in [2.45, 2.75) is 65.5 Å². The number of thiophene rings is 1. The molecule has 0 aliphatic carbocycles. The van der Waals surface area contributed by atoms with Crippen LogP contribution in [0.4, 0.5) is 18.0 Å². The van der Waals surface area contributed by atoms with E-state index in [0.717, 1.165) is 15.8 Å². The Kier molecular flexibility index (Phi) is 9.05. The Hall–Kier alpha value is -3.87. The van der Waals surface area contributed by atoms with E-state index in [0.29, 0.717) is 10.9 Å². The second-order valence-corrected chi connectivity index (χ2v) is 10.8. The second kappa shape index (κ2) is 11.9. The molecule has 3 aromatic rings. The van der Waals surface area contributed by atoms with Crippen molar-refractivity contribution in [2.24, 2.45) is 0 Å². The summed E-state index contributed by atoms with van der Waals surface area (Å²) in [6, 6.07) is 8.69. The lowest BCUT2D eigenvalue weighted by Crippen LogP contribution is -2.46. The molecule has 2 heterocycles. The van der Waals surface area contributed by atoms with Gasteiger partial charge in [-0.3, -0.25) is 9.59 Å². The molecule has 3 rings (SSSR count). The number of halogens is 3. The van der Waals surface area contributed by atoms with Gasteiger partial charge in [-0.15, -0.1) is 11.3 Å². The molecular weight excluding hydrogens is 535 g/mol. The fraction of sp³-hybridized carbons (Fsp3) is 0.385. The number of benzene rings is 1. The van der Waals surface area contributed by atoms with E-state index in [4.69, 9.17) is 4.74 Å². The van der Waals surface area contributed by atoms with Gasteiger partial charge in [-0.1, -0.05) is 24.3 Å². The molecule has 0 saturated heterocycles. The molecule has 39 heavy (non-hydrogen) atoms. The van der Waals surface area contributed by atoms with Gasteiger partial charge in [-0.05, 0) is 51.8 Å². The normalized spacial score (nSPS) is 12.5. The van der Waals surface area contributed by atoms with Crippen LogP contribution in [0, 0.1) is 6.92 Å². The van der Waals surface area contributed by atoms with Gasteiger partial charge < -0.3 is 20.7 Å². The number of ether oxygens (including phenoxy) is 1. The predicted molar refractivity (Wildman–Crippen MR) is 139 cm³/mol. The summed E-state index contributed by atoms with van der Waals surface area (Å²) in [5, 5.41) is 12.9. The van der Waals surface area contributed by atoms with Crippen LogP contribution < -0.4 is 16.0 Å². The van der Waals surface area contributed by atoms with Crippen molar-refractivity contribution in [1.82, 2.24) is 25.7 Å². The molecule has 0 aliphatic rings. The summed E-state index contributed by atoms with van der Waals surface area (Å²) in [5.41, 5.74) is -0.200. The fourth-order valence-corrected chi connectivity index (χ4v) is 4.19. The summed E-state index contributed by atoms with van der Waals surface area (Å²) in [4.78, 5) is 37.8. The Morgan fingerprint density at radius 2 is 1.77 bits per heavy atom. The molecule has 0 radical (unpaired) electrons. The van der Waals surface area contributed by atoms with Gasteiger partial charge in [0, 0.05) is 22.9 Å². The first-order chi connectivity index (χ1) is 18.1. The lowest BCUT2D eigenvalue weighted by atomic mass is 10.1. The first-order valence-corrected chi connectivity index (χ1v) is 12.9. The highest BCUT2D eigenvalue weighted by atomic mass is 32.1. The Balaban J connectivity index is 1.71. The minimum Gasteiger partial charge on any atom is -0.444 e. The maximum atomic E-state index is 13.4. The van der Waals surface area contributed by atoms with Crippen LogP contribution in [0.1, 0.15) is 59.9 Å². The number of alkyl halides is 3. The largest absolute Gasteiger partial charge is 0.444 e. The van der Waals surface area contributed by atoms with Gasteiger partial charge in [0.2, 0.25) is 5.91 Å². The molecule has 0 saturated carbocycles. The van der Waals surface area contributed by atoms with Gasteiger partial charge in [0.05, 0.1) is 12.2 Å². The maximum Gasteiger partial charge on any atom is 0.435 e. The van der Waals surface area contributed by atoms with Gasteiger partial charge in [0.25, 0.3) is 5.91 Å². The topological polar surface area (TPSA) is 114 Å². The summed E-state index contributed by atoms with van der Waals surface area (Å²) >= 11 is 1.17. The quantitative estimate of drug-likeness (QED) is 0.366. The number of nitrogens with zero attached hydrogens (tertiary/aromatic N) is 2. The van der Waals surface area contributed by atoms with Gasteiger partial charge >= 0.3 is 12.3 Å². The molecule has 9 nitrogen and oxygen atoms in total. The third-order valence-corrected chi connectivity index (χ3v) is 6.31. The Labute approximate surface area is 227 Å². The summed E-state index contributed by atoms with van der Waals surface area (Å²) in [5.74, 6) is -1.20. The first-order valence-electron chi connectivity index (χ1n) is 12.0. The SMILES string of the molecule is Cc1ccccc1CNC(=O)c1cc(C(F)(F)F)nn1-c1csc(CNC(=O)C(C)NC(=O)OC(C)(C)C)c1. The average molecular weight is 566 g/mol. The molecule has 1 atom stereocenters. The van der Waals surface area contributed by atoms with Crippen molar-refractivity contribution in [3.05, 3.63) is 69.2 Å². The maximum absolute atomic E-state index is 13.4. The van der Waals surface area contributed by atoms with Crippen molar-refractivity contribution in [3.63, 3.8) is 0 Å². The van der Waals surface area contributed by atoms with Gasteiger partial charge in [-0.25, -0.2) is 9.48 Å². The zero-order chi connectivity index (χ0) is 29.0. The van der Waals surface area contributed by atoms with Crippen molar-refractivity contribution in [1.29, 1.82) is 0 Å². The lowest BCUT2D eigenvalue weighted by Gasteiger charge is -2.21. The molecule has 1 aromatic carbocycles. The summed E-state index contributed by atoms with van der Waals surface area (Å²) in [6.45, 7) is 8.63. The molecule has 0 fully saturated rings. The van der Waals surface area contributed by atoms with Crippen LogP contribution in [-0.2, 0) is 28.8 Å². The van der Waals surface area contributed by atoms with E-state index in [-0.39, 0.29) is 24.5 Å². The van der Waals surface area contributed by atoms with Crippen LogP contribution in [0.2, 0.25) is 0 Å². The molecule has 1 unspecified atom stereocenters. The van der Waals surface area contributed by atoms with Crippen LogP contribution in [0.3, 0.4) is 0 Å². The summed E-state index contributed by atoms with van der Waals surface area (Å²) < 4.78 is 46.4. The number of alkyl carbamates (subject to hydrolysis) is 1. The molecule has 13 heteroatoms. The lowest BCUT2D eigenvalue weighted by molar-refractivity contribution is -0.141. The van der Waals surface area contributed by atoms with Crippen LogP contribution in [0.5, 0.6) is 0 Å².